The highest BCUT2D eigenvalue weighted by Gasteiger charge is 2.12. The summed E-state index contributed by atoms with van der Waals surface area (Å²) in [6, 6.07) is 3.90. The zero-order valence-electron chi connectivity index (χ0n) is 10.7. The summed E-state index contributed by atoms with van der Waals surface area (Å²) < 4.78 is 0. The average Bonchev–Trinajstić information content (AvgIpc) is 2.35. The van der Waals surface area contributed by atoms with Crippen LogP contribution in [-0.2, 0) is 0 Å². The molecule has 1 amide bonds. The lowest BCUT2D eigenvalue weighted by Crippen LogP contribution is -2.38. The monoisotopic (exact) mass is 253 g/mol. The number of thioether (sulfide) groups is 1. The molecule has 5 heteroatoms. The Morgan fingerprint density at radius 1 is 1.59 bits per heavy atom. The third-order valence-corrected chi connectivity index (χ3v) is 3.36. The maximum Gasteiger partial charge on any atom is 0.254 e. The van der Waals surface area contributed by atoms with E-state index in [-0.39, 0.29) is 5.91 Å². The van der Waals surface area contributed by atoms with Gasteiger partial charge < -0.3 is 10.2 Å². The van der Waals surface area contributed by atoms with Gasteiger partial charge in [0.05, 0.1) is 5.56 Å². The van der Waals surface area contributed by atoms with Crippen molar-refractivity contribution < 1.29 is 4.79 Å². The van der Waals surface area contributed by atoms with Gasteiger partial charge in [0.1, 0.15) is 5.03 Å². The number of carbonyl (C=O) groups is 1. The second kappa shape index (κ2) is 6.61. The van der Waals surface area contributed by atoms with Crippen LogP contribution in [0.2, 0.25) is 0 Å². The van der Waals surface area contributed by atoms with Crippen LogP contribution in [0.15, 0.2) is 23.4 Å². The Labute approximate surface area is 107 Å². The maximum atomic E-state index is 12.0. The predicted molar refractivity (Wildman–Crippen MR) is 71.5 cm³/mol. The number of likely N-dealkylation sites (N-methyl/N-ethyl adjacent to an activating group) is 1. The quantitative estimate of drug-likeness (QED) is 0.807. The standard InChI is InChI=1S/C12H19N3OS/c1-9(15(2)3)8-14-11(16)10-6-5-7-13-12(10)17-4/h5-7,9H,8H2,1-4H3,(H,14,16). The van der Waals surface area contributed by atoms with E-state index >= 15 is 0 Å². The van der Waals surface area contributed by atoms with Crippen LogP contribution >= 0.6 is 11.8 Å². The number of amides is 1. The van der Waals surface area contributed by atoms with E-state index < -0.39 is 0 Å². The summed E-state index contributed by atoms with van der Waals surface area (Å²) in [6.45, 7) is 2.70. The first-order valence-electron chi connectivity index (χ1n) is 5.50. The molecule has 1 aromatic heterocycles. The Balaban J connectivity index is 2.64. The van der Waals surface area contributed by atoms with E-state index in [1.165, 1.54) is 11.8 Å². The van der Waals surface area contributed by atoms with Gasteiger partial charge in [0.25, 0.3) is 5.91 Å². The van der Waals surface area contributed by atoms with E-state index in [0.29, 0.717) is 18.2 Å². The number of nitrogens with one attached hydrogen (secondary N) is 1. The van der Waals surface area contributed by atoms with Crippen molar-refractivity contribution in [3.05, 3.63) is 23.9 Å². The van der Waals surface area contributed by atoms with Gasteiger partial charge in [0.15, 0.2) is 0 Å². The van der Waals surface area contributed by atoms with Gasteiger partial charge >= 0.3 is 0 Å². The van der Waals surface area contributed by atoms with Crippen LogP contribution in [0.1, 0.15) is 17.3 Å². The second-order valence-electron chi connectivity index (χ2n) is 4.08. The van der Waals surface area contributed by atoms with E-state index in [2.05, 4.69) is 22.1 Å². The summed E-state index contributed by atoms with van der Waals surface area (Å²) >= 11 is 1.48. The molecule has 0 aliphatic heterocycles. The fraction of sp³-hybridized carbons (Fsp3) is 0.500. The number of hydrogen-bond donors (Lipinski definition) is 1. The van der Waals surface area contributed by atoms with Gasteiger partial charge in [-0.2, -0.15) is 0 Å². The first kappa shape index (κ1) is 14.0. The molecular weight excluding hydrogens is 234 g/mol. The third kappa shape index (κ3) is 4.02. The lowest BCUT2D eigenvalue weighted by molar-refractivity contribution is 0.0940. The van der Waals surface area contributed by atoms with Crippen molar-refractivity contribution in [2.75, 3.05) is 26.9 Å². The lowest BCUT2D eigenvalue weighted by Gasteiger charge is -2.20. The summed E-state index contributed by atoms with van der Waals surface area (Å²) in [6.07, 6.45) is 3.62. The molecule has 1 rings (SSSR count). The number of aromatic nitrogens is 1. The fourth-order valence-electron chi connectivity index (χ4n) is 1.24. The van der Waals surface area contributed by atoms with Gasteiger partial charge in [-0.05, 0) is 39.4 Å². The van der Waals surface area contributed by atoms with Crippen LogP contribution in [0.5, 0.6) is 0 Å². The molecule has 0 spiro atoms. The smallest absolute Gasteiger partial charge is 0.254 e. The molecule has 4 nitrogen and oxygen atoms in total. The summed E-state index contributed by atoms with van der Waals surface area (Å²) in [5, 5.41) is 3.69. The highest BCUT2D eigenvalue weighted by atomic mass is 32.2. The summed E-state index contributed by atoms with van der Waals surface area (Å²) in [5.41, 5.74) is 0.644. The Kier molecular flexibility index (Phi) is 5.44. The van der Waals surface area contributed by atoms with E-state index in [0.717, 1.165) is 5.03 Å². The zero-order valence-corrected chi connectivity index (χ0v) is 11.5. The van der Waals surface area contributed by atoms with Gasteiger partial charge in [0.2, 0.25) is 0 Å². The minimum atomic E-state index is -0.0591. The number of carbonyl (C=O) groups excluding carboxylic acids is 1. The van der Waals surface area contributed by atoms with E-state index in [9.17, 15) is 4.79 Å². The highest BCUT2D eigenvalue weighted by molar-refractivity contribution is 7.98. The molecule has 0 aliphatic rings. The minimum absolute atomic E-state index is 0.0591. The maximum absolute atomic E-state index is 12.0. The molecule has 0 saturated heterocycles. The van der Waals surface area contributed by atoms with Gasteiger partial charge in [-0.1, -0.05) is 0 Å². The molecule has 0 radical (unpaired) electrons. The van der Waals surface area contributed by atoms with Crippen LogP contribution < -0.4 is 5.32 Å². The molecule has 0 bridgehead atoms. The van der Waals surface area contributed by atoms with Crippen LogP contribution in [0.25, 0.3) is 0 Å². The Hall–Kier alpha value is -1.07. The second-order valence-corrected chi connectivity index (χ2v) is 4.88. The fourth-order valence-corrected chi connectivity index (χ4v) is 1.79. The summed E-state index contributed by atoms with van der Waals surface area (Å²) in [5.74, 6) is -0.0591. The highest BCUT2D eigenvalue weighted by Crippen LogP contribution is 2.16. The van der Waals surface area contributed by atoms with Gasteiger partial charge in [-0.3, -0.25) is 4.79 Å². The number of nitrogens with zero attached hydrogens (tertiary/aromatic N) is 2. The predicted octanol–water partition coefficient (Wildman–Crippen LogP) is 1.48. The Morgan fingerprint density at radius 3 is 2.88 bits per heavy atom. The minimum Gasteiger partial charge on any atom is -0.350 e. The van der Waals surface area contributed by atoms with E-state index in [1.54, 1.807) is 18.3 Å². The molecule has 0 fully saturated rings. The largest absolute Gasteiger partial charge is 0.350 e. The molecule has 94 valence electrons. The number of hydrogen-bond acceptors (Lipinski definition) is 4. The van der Waals surface area contributed by atoms with Crippen LogP contribution in [0, 0.1) is 0 Å². The van der Waals surface area contributed by atoms with E-state index in [4.69, 9.17) is 0 Å². The molecular formula is C12H19N3OS. The number of rotatable bonds is 5. The van der Waals surface area contributed by atoms with Crippen molar-refractivity contribution >= 4 is 17.7 Å². The van der Waals surface area contributed by atoms with Crippen molar-refractivity contribution in [3.63, 3.8) is 0 Å². The van der Waals surface area contributed by atoms with Gasteiger partial charge in [-0.15, -0.1) is 11.8 Å². The normalized spacial score (nSPS) is 12.5. The van der Waals surface area contributed by atoms with Gasteiger partial charge in [-0.25, -0.2) is 4.98 Å². The Bertz CT molecular complexity index is 382. The van der Waals surface area contributed by atoms with E-state index in [1.807, 2.05) is 20.4 Å². The average molecular weight is 253 g/mol. The van der Waals surface area contributed by atoms with Gasteiger partial charge in [0, 0.05) is 18.8 Å². The zero-order chi connectivity index (χ0) is 12.8. The SMILES string of the molecule is CSc1ncccc1C(=O)NCC(C)N(C)C. The molecule has 1 N–H and O–H groups in total. The van der Waals surface area contributed by atoms with Crippen LogP contribution in [0.3, 0.4) is 0 Å². The molecule has 1 aromatic rings. The first-order valence-corrected chi connectivity index (χ1v) is 6.72. The molecule has 0 aromatic carbocycles. The Morgan fingerprint density at radius 2 is 2.29 bits per heavy atom. The summed E-state index contributed by atoms with van der Waals surface area (Å²) in [7, 11) is 3.99. The van der Waals surface area contributed by atoms with Crippen molar-refractivity contribution in [3.8, 4) is 0 Å². The van der Waals surface area contributed by atoms with Crippen molar-refractivity contribution in [1.82, 2.24) is 15.2 Å². The van der Waals surface area contributed by atoms with Crippen molar-refractivity contribution in [1.29, 1.82) is 0 Å². The summed E-state index contributed by atoms with van der Waals surface area (Å²) in [4.78, 5) is 18.2. The van der Waals surface area contributed by atoms with Crippen LogP contribution in [0.4, 0.5) is 0 Å². The molecule has 1 atom stereocenters. The van der Waals surface area contributed by atoms with Crippen molar-refractivity contribution in [2.45, 2.75) is 18.0 Å². The molecule has 1 unspecified atom stereocenters. The molecule has 0 aliphatic carbocycles. The molecule has 1 heterocycles. The van der Waals surface area contributed by atoms with Crippen LogP contribution in [-0.4, -0.2) is 48.7 Å². The molecule has 17 heavy (non-hydrogen) atoms. The first-order chi connectivity index (χ1) is 8.06. The number of pyridine rings is 1. The lowest BCUT2D eigenvalue weighted by atomic mass is 10.2. The third-order valence-electron chi connectivity index (χ3n) is 2.65. The van der Waals surface area contributed by atoms with Crippen molar-refractivity contribution in [2.24, 2.45) is 0 Å². The molecule has 0 saturated carbocycles. The topological polar surface area (TPSA) is 45.2 Å².